The summed E-state index contributed by atoms with van der Waals surface area (Å²) in [6.07, 6.45) is 3.68. The predicted octanol–water partition coefficient (Wildman–Crippen LogP) is 2.03. The maximum absolute atomic E-state index is 8.69. The zero-order chi connectivity index (χ0) is 10.1. The molecule has 1 aromatic rings. The molecule has 0 N–H and O–H groups in total. The van der Waals surface area contributed by atoms with Gasteiger partial charge in [-0.1, -0.05) is 13.8 Å². The van der Waals surface area contributed by atoms with Gasteiger partial charge in [0.25, 0.3) is 0 Å². The summed E-state index contributed by atoms with van der Waals surface area (Å²) in [7, 11) is 0. The lowest BCUT2D eigenvalue weighted by atomic mass is 9.94. The number of nitriles is 1. The average Bonchev–Trinajstić information content (AvgIpc) is 2.59. The van der Waals surface area contributed by atoms with E-state index < -0.39 is 0 Å². The Morgan fingerprint density at radius 2 is 2.36 bits per heavy atom. The van der Waals surface area contributed by atoms with Gasteiger partial charge >= 0.3 is 0 Å². The van der Waals surface area contributed by atoms with Gasteiger partial charge < -0.3 is 0 Å². The monoisotopic (exact) mass is 187 g/mol. The number of nitrogens with zero attached hydrogens (tertiary/aromatic N) is 3. The second kappa shape index (κ2) is 3.38. The van der Waals surface area contributed by atoms with Gasteiger partial charge in [-0.3, -0.25) is 4.98 Å². The first-order chi connectivity index (χ1) is 6.72. The van der Waals surface area contributed by atoms with Crippen molar-refractivity contribution in [2.75, 3.05) is 0 Å². The average molecular weight is 187 g/mol. The highest BCUT2D eigenvalue weighted by atomic mass is 14.8. The van der Waals surface area contributed by atoms with Gasteiger partial charge in [0, 0.05) is 5.92 Å². The Morgan fingerprint density at radius 1 is 1.57 bits per heavy atom. The molecule has 0 aromatic carbocycles. The van der Waals surface area contributed by atoms with Crippen molar-refractivity contribution < 1.29 is 0 Å². The molecule has 0 saturated heterocycles. The number of hydrogen-bond donors (Lipinski definition) is 0. The maximum atomic E-state index is 8.69. The molecular weight excluding hydrogens is 174 g/mol. The molecule has 0 amide bonds. The normalized spacial score (nSPS) is 19.4. The Labute approximate surface area is 83.8 Å². The van der Waals surface area contributed by atoms with Gasteiger partial charge in [-0.05, 0) is 18.8 Å². The van der Waals surface area contributed by atoms with E-state index in [4.69, 9.17) is 5.26 Å². The summed E-state index contributed by atoms with van der Waals surface area (Å²) < 4.78 is 0. The van der Waals surface area contributed by atoms with Gasteiger partial charge in [0.1, 0.15) is 6.07 Å². The van der Waals surface area contributed by atoms with Crippen LogP contribution in [0.15, 0.2) is 6.20 Å². The molecule has 1 heterocycles. The molecule has 2 rings (SSSR count). The number of fused-ring (bicyclic) bond motifs is 1. The van der Waals surface area contributed by atoms with Gasteiger partial charge in [0.2, 0.25) is 0 Å². The number of aromatic nitrogens is 2. The summed E-state index contributed by atoms with van der Waals surface area (Å²) in [4.78, 5) is 8.63. The summed E-state index contributed by atoms with van der Waals surface area (Å²) in [5, 5.41) is 8.69. The van der Waals surface area contributed by atoms with Gasteiger partial charge in [-0.15, -0.1) is 0 Å². The van der Waals surface area contributed by atoms with E-state index in [0.29, 0.717) is 17.5 Å². The summed E-state index contributed by atoms with van der Waals surface area (Å²) in [5.41, 5.74) is 2.58. The summed E-state index contributed by atoms with van der Waals surface area (Å²) in [5.74, 6) is 1.14. The zero-order valence-electron chi connectivity index (χ0n) is 8.49. The Kier molecular flexibility index (Phi) is 2.20. The smallest absolute Gasteiger partial charge is 0.159 e. The first-order valence-electron chi connectivity index (χ1n) is 4.98. The van der Waals surface area contributed by atoms with Gasteiger partial charge in [-0.2, -0.15) is 5.26 Å². The molecular formula is C11H13N3. The van der Waals surface area contributed by atoms with E-state index in [1.54, 1.807) is 6.20 Å². The maximum Gasteiger partial charge on any atom is 0.159 e. The minimum absolute atomic E-state index is 0.438. The Morgan fingerprint density at radius 3 is 3.00 bits per heavy atom. The van der Waals surface area contributed by atoms with Crippen LogP contribution in [0.25, 0.3) is 0 Å². The van der Waals surface area contributed by atoms with Crippen molar-refractivity contribution in [2.45, 2.75) is 32.6 Å². The summed E-state index contributed by atoms with van der Waals surface area (Å²) >= 11 is 0. The third kappa shape index (κ3) is 1.37. The Hall–Kier alpha value is -1.43. The van der Waals surface area contributed by atoms with Crippen LogP contribution in [0.4, 0.5) is 0 Å². The van der Waals surface area contributed by atoms with Crippen molar-refractivity contribution in [1.82, 2.24) is 9.97 Å². The van der Waals surface area contributed by atoms with Crippen LogP contribution in [0.2, 0.25) is 0 Å². The summed E-state index contributed by atoms with van der Waals surface area (Å²) in [6, 6.07) is 2.03. The fraction of sp³-hybridized carbons (Fsp3) is 0.545. The molecule has 1 aliphatic rings. The van der Waals surface area contributed by atoms with Crippen LogP contribution in [-0.4, -0.2) is 9.97 Å². The predicted molar refractivity (Wildman–Crippen MR) is 52.6 cm³/mol. The number of aryl methyl sites for hydroxylation is 1. The minimum atomic E-state index is 0.438. The van der Waals surface area contributed by atoms with Crippen molar-refractivity contribution in [3.8, 4) is 6.07 Å². The standard InChI is InChI=1S/C11H13N3/c1-7(2)9-3-4-10-11(9)13-6-8(5-12)14-10/h6-7,9H,3-4H2,1-2H3. The van der Waals surface area contributed by atoms with E-state index in [9.17, 15) is 0 Å². The lowest BCUT2D eigenvalue weighted by molar-refractivity contribution is 0.487. The minimum Gasteiger partial charge on any atom is -0.256 e. The number of rotatable bonds is 1. The fourth-order valence-electron chi connectivity index (χ4n) is 2.06. The third-order valence-electron chi connectivity index (χ3n) is 2.84. The van der Waals surface area contributed by atoms with Crippen molar-refractivity contribution in [1.29, 1.82) is 5.26 Å². The van der Waals surface area contributed by atoms with E-state index in [1.165, 1.54) is 0 Å². The van der Waals surface area contributed by atoms with Gasteiger partial charge in [0.05, 0.1) is 17.6 Å². The van der Waals surface area contributed by atoms with E-state index in [1.807, 2.05) is 6.07 Å². The van der Waals surface area contributed by atoms with Crippen molar-refractivity contribution in [3.63, 3.8) is 0 Å². The van der Waals surface area contributed by atoms with Gasteiger partial charge in [-0.25, -0.2) is 4.98 Å². The van der Waals surface area contributed by atoms with Crippen LogP contribution in [0.1, 0.15) is 43.3 Å². The molecule has 3 heteroatoms. The van der Waals surface area contributed by atoms with Crippen molar-refractivity contribution in [3.05, 3.63) is 23.3 Å². The summed E-state index contributed by atoms with van der Waals surface area (Å²) in [6.45, 7) is 4.42. The van der Waals surface area contributed by atoms with Crippen LogP contribution in [-0.2, 0) is 6.42 Å². The van der Waals surface area contributed by atoms with E-state index in [0.717, 1.165) is 24.2 Å². The highest BCUT2D eigenvalue weighted by Crippen LogP contribution is 2.35. The molecule has 0 saturated carbocycles. The first-order valence-corrected chi connectivity index (χ1v) is 4.98. The van der Waals surface area contributed by atoms with E-state index in [2.05, 4.69) is 23.8 Å². The highest BCUT2D eigenvalue weighted by molar-refractivity contribution is 5.28. The number of hydrogen-bond acceptors (Lipinski definition) is 3. The second-order valence-corrected chi connectivity index (χ2v) is 4.09. The Bertz CT molecular complexity index is 390. The second-order valence-electron chi connectivity index (χ2n) is 4.09. The van der Waals surface area contributed by atoms with Crippen LogP contribution >= 0.6 is 0 Å². The Balaban J connectivity index is 2.39. The molecule has 1 aromatic heterocycles. The van der Waals surface area contributed by atoms with Crippen LogP contribution in [0, 0.1) is 17.2 Å². The van der Waals surface area contributed by atoms with Gasteiger partial charge in [0.15, 0.2) is 5.69 Å². The topological polar surface area (TPSA) is 49.6 Å². The van der Waals surface area contributed by atoms with Crippen LogP contribution in [0.5, 0.6) is 0 Å². The van der Waals surface area contributed by atoms with Crippen LogP contribution < -0.4 is 0 Å². The molecule has 14 heavy (non-hydrogen) atoms. The quantitative estimate of drug-likeness (QED) is 0.676. The molecule has 0 aliphatic heterocycles. The van der Waals surface area contributed by atoms with E-state index >= 15 is 0 Å². The first kappa shape index (κ1) is 9.14. The van der Waals surface area contributed by atoms with Crippen molar-refractivity contribution in [2.24, 2.45) is 5.92 Å². The molecule has 1 aliphatic carbocycles. The lowest BCUT2D eigenvalue weighted by Crippen LogP contribution is -2.05. The molecule has 0 fully saturated rings. The van der Waals surface area contributed by atoms with E-state index in [-0.39, 0.29) is 0 Å². The SMILES string of the molecule is CC(C)C1CCc2nc(C#N)cnc21. The molecule has 0 bridgehead atoms. The molecule has 1 atom stereocenters. The molecule has 3 nitrogen and oxygen atoms in total. The lowest BCUT2D eigenvalue weighted by Gasteiger charge is -2.13. The van der Waals surface area contributed by atoms with Crippen molar-refractivity contribution >= 4 is 0 Å². The molecule has 0 radical (unpaired) electrons. The zero-order valence-corrected chi connectivity index (χ0v) is 8.49. The largest absolute Gasteiger partial charge is 0.256 e. The molecule has 0 spiro atoms. The molecule has 72 valence electrons. The van der Waals surface area contributed by atoms with Crippen LogP contribution in [0.3, 0.4) is 0 Å². The third-order valence-corrected chi connectivity index (χ3v) is 2.84. The molecule has 1 unspecified atom stereocenters. The highest BCUT2D eigenvalue weighted by Gasteiger charge is 2.27. The fourth-order valence-corrected chi connectivity index (χ4v) is 2.06.